The van der Waals surface area contributed by atoms with Crippen molar-refractivity contribution in [2.75, 3.05) is 19.8 Å². The molecule has 0 aromatic heterocycles. The number of aliphatic hydroxyl groups is 1. The van der Waals surface area contributed by atoms with E-state index in [1.807, 2.05) is 13.8 Å². The summed E-state index contributed by atoms with van der Waals surface area (Å²) in [5.41, 5.74) is -0.528. The minimum atomic E-state index is -0.528. The summed E-state index contributed by atoms with van der Waals surface area (Å²) in [5, 5.41) is 9.41. The van der Waals surface area contributed by atoms with Crippen molar-refractivity contribution in [3.63, 3.8) is 0 Å². The van der Waals surface area contributed by atoms with Gasteiger partial charge in [-0.3, -0.25) is 0 Å². The largest absolute Gasteiger partial charge is 0.390 e. The highest BCUT2D eigenvalue weighted by atomic mass is 16.6. The minimum Gasteiger partial charge on any atom is -0.390 e. The Labute approximate surface area is 80.0 Å². The second-order valence-corrected chi connectivity index (χ2v) is 4.30. The van der Waals surface area contributed by atoms with Crippen LogP contribution in [0.15, 0.2) is 0 Å². The van der Waals surface area contributed by atoms with E-state index in [1.54, 1.807) is 0 Å². The van der Waals surface area contributed by atoms with Gasteiger partial charge in [0.2, 0.25) is 0 Å². The highest BCUT2D eigenvalue weighted by Crippen LogP contribution is 2.12. The van der Waals surface area contributed by atoms with E-state index in [0.29, 0.717) is 6.10 Å². The Kier molecular flexibility index (Phi) is 4.16. The van der Waals surface area contributed by atoms with Crippen molar-refractivity contribution < 1.29 is 14.6 Å². The maximum atomic E-state index is 9.41. The summed E-state index contributed by atoms with van der Waals surface area (Å²) in [4.78, 5) is 0. The van der Waals surface area contributed by atoms with Crippen LogP contribution in [0.5, 0.6) is 0 Å². The average Bonchev–Trinajstić information content (AvgIpc) is 2.77. The van der Waals surface area contributed by atoms with Crippen LogP contribution in [0, 0.1) is 0 Å². The molecule has 78 valence electrons. The fourth-order valence-electron chi connectivity index (χ4n) is 1.14. The fraction of sp³-hybridized carbons (Fsp3) is 1.00. The first kappa shape index (κ1) is 11.0. The third kappa shape index (κ3) is 6.99. The Morgan fingerprint density at radius 3 is 2.69 bits per heavy atom. The average molecular weight is 188 g/mol. The van der Waals surface area contributed by atoms with Crippen molar-refractivity contribution in [2.45, 2.75) is 44.8 Å². The van der Waals surface area contributed by atoms with Crippen LogP contribution in [0.1, 0.15) is 33.1 Å². The van der Waals surface area contributed by atoms with E-state index >= 15 is 0 Å². The SMILES string of the molecule is CC(C)(O)CCCCOCC1CO1. The summed E-state index contributed by atoms with van der Waals surface area (Å²) < 4.78 is 10.4. The zero-order valence-corrected chi connectivity index (χ0v) is 8.58. The number of unbranched alkanes of at least 4 members (excludes halogenated alkanes) is 1. The summed E-state index contributed by atoms with van der Waals surface area (Å²) in [7, 11) is 0. The van der Waals surface area contributed by atoms with Gasteiger partial charge in [-0.25, -0.2) is 0 Å². The van der Waals surface area contributed by atoms with Crippen LogP contribution in [0.2, 0.25) is 0 Å². The molecule has 1 heterocycles. The van der Waals surface area contributed by atoms with Gasteiger partial charge in [0.1, 0.15) is 6.10 Å². The third-order valence-electron chi connectivity index (χ3n) is 2.03. The van der Waals surface area contributed by atoms with Crippen LogP contribution in [0.25, 0.3) is 0 Å². The molecule has 1 N–H and O–H groups in total. The minimum absolute atomic E-state index is 0.370. The van der Waals surface area contributed by atoms with Crippen molar-refractivity contribution in [2.24, 2.45) is 0 Å². The molecule has 1 fully saturated rings. The van der Waals surface area contributed by atoms with E-state index in [9.17, 15) is 5.11 Å². The van der Waals surface area contributed by atoms with Crippen molar-refractivity contribution in [3.05, 3.63) is 0 Å². The monoisotopic (exact) mass is 188 g/mol. The molecule has 0 radical (unpaired) electrons. The molecule has 1 saturated heterocycles. The molecule has 1 rings (SSSR count). The lowest BCUT2D eigenvalue weighted by molar-refractivity contribution is 0.0616. The number of epoxide rings is 1. The molecule has 13 heavy (non-hydrogen) atoms. The molecule has 3 nitrogen and oxygen atoms in total. The van der Waals surface area contributed by atoms with E-state index in [2.05, 4.69) is 0 Å². The zero-order valence-electron chi connectivity index (χ0n) is 8.58. The molecule has 0 saturated carbocycles. The molecule has 0 aromatic rings. The summed E-state index contributed by atoms with van der Waals surface area (Å²) in [6, 6.07) is 0. The molecule has 0 amide bonds. The van der Waals surface area contributed by atoms with Crippen LogP contribution in [-0.2, 0) is 9.47 Å². The molecular weight excluding hydrogens is 168 g/mol. The van der Waals surface area contributed by atoms with E-state index < -0.39 is 5.60 Å². The third-order valence-corrected chi connectivity index (χ3v) is 2.03. The van der Waals surface area contributed by atoms with Crippen molar-refractivity contribution in [3.8, 4) is 0 Å². The molecule has 1 aliphatic heterocycles. The standard InChI is InChI=1S/C10H20O3/c1-10(2,11)5-3-4-6-12-7-9-8-13-9/h9,11H,3-8H2,1-2H3. The smallest absolute Gasteiger partial charge is 0.104 e. The van der Waals surface area contributed by atoms with Gasteiger partial charge in [0.25, 0.3) is 0 Å². The van der Waals surface area contributed by atoms with Gasteiger partial charge in [0, 0.05) is 6.61 Å². The maximum Gasteiger partial charge on any atom is 0.104 e. The van der Waals surface area contributed by atoms with Crippen molar-refractivity contribution in [1.82, 2.24) is 0 Å². The predicted octanol–water partition coefficient (Wildman–Crippen LogP) is 1.34. The van der Waals surface area contributed by atoms with Crippen LogP contribution in [0.4, 0.5) is 0 Å². The van der Waals surface area contributed by atoms with E-state index in [0.717, 1.165) is 39.1 Å². The first-order valence-corrected chi connectivity index (χ1v) is 5.00. The Morgan fingerprint density at radius 1 is 1.46 bits per heavy atom. The van der Waals surface area contributed by atoms with Gasteiger partial charge >= 0.3 is 0 Å². The number of ether oxygens (including phenoxy) is 2. The predicted molar refractivity (Wildman–Crippen MR) is 50.7 cm³/mol. The summed E-state index contributed by atoms with van der Waals surface area (Å²) in [5.74, 6) is 0. The number of hydrogen-bond acceptors (Lipinski definition) is 3. The molecule has 0 spiro atoms. The zero-order chi connectivity index (χ0) is 9.73. The van der Waals surface area contributed by atoms with Crippen LogP contribution in [-0.4, -0.2) is 36.6 Å². The normalized spacial score (nSPS) is 21.9. The van der Waals surface area contributed by atoms with Gasteiger partial charge in [0.05, 0.1) is 18.8 Å². The van der Waals surface area contributed by atoms with E-state index in [1.165, 1.54) is 0 Å². The van der Waals surface area contributed by atoms with Crippen molar-refractivity contribution in [1.29, 1.82) is 0 Å². The van der Waals surface area contributed by atoms with Gasteiger partial charge in [-0.2, -0.15) is 0 Å². The molecule has 1 atom stereocenters. The molecule has 0 bridgehead atoms. The lowest BCUT2D eigenvalue weighted by Gasteiger charge is -2.16. The van der Waals surface area contributed by atoms with Gasteiger partial charge in [-0.05, 0) is 33.1 Å². The first-order valence-electron chi connectivity index (χ1n) is 5.00. The Hall–Kier alpha value is -0.120. The summed E-state index contributed by atoms with van der Waals surface area (Å²) in [6.45, 7) is 6.07. The second-order valence-electron chi connectivity index (χ2n) is 4.30. The summed E-state index contributed by atoms with van der Waals surface area (Å²) in [6.07, 6.45) is 3.26. The highest BCUT2D eigenvalue weighted by Gasteiger charge is 2.21. The number of hydrogen-bond donors (Lipinski definition) is 1. The lowest BCUT2D eigenvalue weighted by atomic mass is 10.0. The maximum absolute atomic E-state index is 9.41. The van der Waals surface area contributed by atoms with Gasteiger partial charge in [0.15, 0.2) is 0 Å². The summed E-state index contributed by atoms with van der Waals surface area (Å²) >= 11 is 0. The van der Waals surface area contributed by atoms with Crippen LogP contribution in [0.3, 0.4) is 0 Å². The molecule has 0 aliphatic carbocycles. The fourth-order valence-corrected chi connectivity index (χ4v) is 1.14. The van der Waals surface area contributed by atoms with Gasteiger partial charge < -0.3 is 14.6 Å². The molecular formula is C10H20O3. The topological polar surface area (TPSA) is 42.0 Å². The first-order chi connectivity index (χ1) is 6.08. The Balaban J connectivity index is 1.78. The second kappa shape index (κ2) is 4.94. The van der Waals surface area contributed by atoms with Gasteiger partial charge in [-0.1, -0.05) is 0 Å². The van der Waals surface area contributed by atoms with Crippen LogP contribution < -0.4 is 0 Å². The molecule has 3 heteroatoms. The van der Waals surface area contributed by atoms with E-state index in [-0.39, 0.29) is 0 Å². The van der Waals surface area contributed by atoms with Crippen LogP contribution >= 0.6 is 0 Å². The highest BCUT2D eigenvalue weighted by molar-refractivity contribution is 4.67. The quantitative estimate of drug-likeness (QED) is 0.484. The Bertz CT molecular complexity index is 136. The molecule has 1 aliphatic rings. The number of rotatable bonds is 7. The lowest BCUT2D eigenvalue weighted by Crippen LogP contribution is -2.18. The van der Waals surface area contributed by atoms with Crippen molar-refractivity contribution >= 4 is 0 Å². The molecule has 0 aromatic carbocycles. The molecule has 1 unspecified atom stereocenters. The van der Waals surface area contributed by atoms with E-state index in [4.69, 9.17) is 9.47 Å². The Morgan fingerprint density at radius 2 is 2.15 bits per heavy atom. The van der Waals surface area contributed by atoms with Gasteiger partial charge in [-0.15, -0.1) is 0 Å².